The first-order chi connectivity index (χ1) is 34.8. The second-order valence-corrected chi connectivity index (χ2v) is 22.3. The van der Waals surface area contributed by atoms with Gasteiger partial charge in [0.25, 0.3) is 6.33 Å². The fourth-order valence-corrected chi connectivity index (χ4v) is 9.18. The van der Waals surface area contributed by atoms with Gasteiger partial charge in [-0.1, -0.05) is 186 Å². The number of fused-ring (bicyclic) bond motifs is 4. The van der Waals surface area contributed by atoms with Crippen molar-refractivity contribution in [3.63, 3.8) is 0 Å². The minimum absolute atomic E-state index is 0. The predicted octanol–water partition coefficient (Wildman–Crippen LogP) is 16.1. The van der Waals surface area contributed by atoms with Crippen molar-refractivity contribution in [1.29, 1.82) is 0 Å². The summed E-state index contributed by atoms with van der Waals surface area (Å²) in [5.41, 5.74) is 11.1. The van der Waals surface area contributed by atoms with Gasteiger partial charge in [-0.25, -0.2) is 4.98 Å². The molecule has 0 N–H and O–H groups in total. The van der Waals surface area contributed by atoms with E-state index in [2.05, 4.69) is 177 Å². The molecule has 7 aromatic carbocycles. The molecule has 10 aromatic rings. The maximum atomic E-state index is 9.14. The van der Waals surface area contributed by atoms with Crippen LogP contribution >= 0.6 is 0 Å². The first-order valence-electron chi connectivity index (χ1n) is 26.3. The monoisotopic (exact) mass is 1100 g/mol. The Bertz CT molecular complexity index is 3820. The third-order valence-electron chi connectivity index (χ3n) is 13.1. The van der Waals surface area contributed by atoms with Gasteiger partial charge in [-0.05, 0) is 102 Å². The molecule has 0 amide bonds. The van der Waals surface area contributed by atoms with E-state index in [9.17, 15) is 0 Å². The quantitative estimate of drug-likeness (QED) is 0.118. The molecule has 10 rings (SSSR count). The van der Waals surface area contributed by atoms with Gasteiger partial charge in [0.15, 0.2) is 0 Å². The van der Waals surface area contributed by atoms with Crippen LogP contribution in [0, 0.1) is 18.5 Å². The third-order valence-corrected chi connectivity index (χ3v) is 13.1. The summed E-state index contributed by atoms with van der Waals surface area (Å²) in [6, 6.07) is 47.0. The molecular weight excluding hydrogens is 1040 g/mol. The Balaban J connectivity index is 0.00000689. The Labute approximate surface area is 436 Å². The van der Waals surface area contributed by atoms with Crippen LogP contribution in [-0.4, -0.2) is 14.1 Å². The fraction of sp³-hybridized carbons (Fsp3) is 0.250. The van der Waals surface area contributed by atoms with Crippen molar-refractivity contribution in [2.45, 2.75) is 105 Å². The van der Waals surface area contributed by atoms with Crippen molar-refractivity contribution in [2.75, 3.05) is 0 Å². The molecule has 70 heavy (non-hydrogen) atoms. The molecular formula is C64H62N4OPt-2. The van der Waals surface area contributed by atoms with Crippen molar-refractivity contribution < 1.29 is 37.2 Å². The molecule has 0 saturated heterocycles. The predicted molar refractivity (Wildman–Crippen MR) is 286 cm³/mol. The number of ether oxygens (including phenoxy) is 1. The second-order valence-electron chi connectivity index (χ2n) is 22.3. The molecule has 0 saturated carbocycles. The van der Waals surface area contributed by atoms with E-state index < -0.39 is 11.5 Å². The topological polar surface area (TPSA) is 35.9 Å². The first kappa shape index (κ1) is 42.3. The zero-order valence-corrected chi connectivity index (χ0v) is 44.4. The van der Waals surface area contributed by atoms with Crippen molar-refractivity contribution in [3.05, 3.63) is 198 Å². The Kier molecular flexibility index (Phi) is 10.9. The molecule has 0 aliphatic heterocycles. The summed E-state index contributed by atoms with van der Waals surface area (Å²) >= 11 is 0. The molecule has 0 bridgehead atoms. The smallest absolute Gasteiger partial charge is 0.268 e. The van der Waals surface area contributed by atoms with Gasteiger partial charge in [0.1, 0.15) is 5.82 Å². The number of hydrogen-bond donors (Lipinski definition) is 0. The van der Waals surface area contributed by atoms with Crippen molar-refractivity contribution in [3.8, 4) is 50.9 Å². The summed E-state index contributed by atoms with van der Waals surface area (Å²) in [6.07, 6.45) is 5.66. The number of imidazole rings is 1. The van der Waals surface area contributed by atoms with Crippen LogP contribution in [0.3, 0.4) is 0 Å². The van der Waals surface area contributed by atoms with E-state index in [1.807, 2.05) is 65.4 Å². The van der Waals surface area contributed by atoms with Crippen LogP contribution < -0.4 is 9.30 Å². The number of rotatable bonds is 7. The summed E-state index contributed by atoms with van der Waals surface area (Å²) < 4.78 is 57.0. The second kappa shape index (κ2) is 18.0. The molecule has 5 nitrogen and oxygen atoms in total. The molecule has 6 heteroatoms. The summed E-state index contributed by atoms with van der Waals surface area (Å²) in [7, 11) is 0. The normalized spacial score (nSPS) is 13.5. The Morgan fingerprint density at radius 3 is 1.90 bits per heavy atom. The first-order valence-corrected chi connectivity index (χ1v) is 23.8. The van der Waals surface area contributed by atoms with E-state index >= 15 is 0 Å². The van der Waals surface area contributed by atoms with E-state index in [4.69, 9.17) is 16.6 Å². The van der Waals surface area contributed by atoms with Gasteiger partial charge < -0.3 is 13.9 Å². The van der Waals surface area contributed by atoms with Crippen LogP contribution in [-0.2, 0) is 42.7 Å². The maximum absolute atomic E-state index is 9.14. The van der Waals surface area contributed by atoms with Gasteiger partial charge >= 0.3 is 0 Å². The Hall–Kier alpha value is -6.55. The van der Waals surface area contributed by atoms with Crippen LogP contribution in [0.25, 0.3) is 72.3 Å². The third kappa shape index (κ3) is 9.17. The SMILES string of the molecule is [2H]c1c([2H])c([2H])c(-c2cc(-c3cc(C(C)(C)C)cc(C(C)(C)C)c3)c(-[n+]3[c-]n(-c4[c-]c(Oc5[c-]c6c(cc5)c5ccccc5n6-c5cc(C(C)(C)C)ccn5)ccc4)c4ccccc43)c(C(C)(C)C)c2)c([2H])c1[2H].[Pt]. The largest absolute Gasteiger partial charge is 0.510 e. The summed E-state index contributed by atoms with van der Waals surface area (Å²) in [5.74, 6) is 1.84. The molecule has 0 spiro atoms. The molecule has 0 fully saturated rings. The van der Waals surface area contributed by atoms with E-state index in [-0.39, 0.29) is 67.0 Å². The number of benzene rings is 7. The zero-order valence-electron chi connectivity index (χ0n) is 47.1. The number of hydrogen-bond acceptors (Lipinski definition) is 2. The molecule has 0 radical (unpaired) electrons. The maximum Gasteiger partial charge on any atom is 0.268 e. The van der Waals surface area contributed by atoms with E-state index in [1.165, 1.54) is 5.56 Å². The average Bonchev–Trinajstić information content (AvgIpc) is 3.90. The van der Waals surface area contributed by atoms with Gasteiger partial charge in [0.05, 0.1) is 23.6 Å². The molecule has 0 aliphatic carbocycles. The molecule has 0 unspecified atom stereocenters. The number of para-hydroxylation sites is 3. The summed E-state index contributed by atoms with van der Waals surface area (Å²) in [6.45, 7) is 26.4. The van der Waals surface area contributed by atoms with Gasteiger partial charge in [-0.2, -0.15) is 18.2 Å². The van der Waals surface area contributed by atoms with Crippen molar-refractivity contribution >= 4 is 32.8 Å². The Morgan fingerprint density at radius 1 is 0.557 bits per heavy atom. The zero-order chi connectivity index (χ0) is 53.0. The molecule has 356 valence electrons. The van der Waals surface area contributed by atoms with Crippen LogP contribution in [0.4, 0.5) is 0 Å². The van der Waals surface area contributed by atoms with Gasteiger partial charge in [0.2, 0.25) is 0 Å². The number of pyridine rings is 1. The molecule has 3 aromatic heterocycles. The minimum Gasteiger partial charge on any atom is -0.510 e. The van der Waals surface area contributed by atoms with Crippen molar-refractivity contribution in [1.82, 2.24) is 14.1 Å². The van der Waals surface area contributed by atoms with Crippen LogP contribution in [0.2, 0.25) is 0 Å². The summed E-state index contributed by atoms with van der Waals surface area (Å²) in [4.78, 5) is 4.86. The van der Waals surface area contributed by atoms with Gasteiger partial charge in [0, 0.05) is 44.3 Å². The molecule has 0 atom stereocenters. The van der Waals surface area contributed by atoms with Crippen LogP contribution in [0.15, 0.2) is 158 Å². The summed E-state index contributed by atoms with van der Waals surface area (Å²) in [5, 5.41) is 2.14. The minimum atomic E-state index is -0.513. The number of nitrogens with zero attached hydrogens (tertiary/aromatic N) is 4. The van der Waals surface area contributed by atoms with Crippen LogP contribution in [0.5, 0.6) is 11.5 Å². The van der Waals surface area contributed by atoms with E-state index in [0.717, 1.165) is 72.2 Å². The van der Waals surface area contributed by atoms with E-state index in [0.29, 0.717) is 22.7 Å². The van der Waals surface area contributed by atoms with Crippen molar-refractivity contribution in [2.24, 2.45) is 0 Å². The fourth-order valence-electron chi connectivity index (χ4n) is 9.18. The Morgan fingerprint density at radius 2 is 1.21 bits per heavy atom. The number of aromatic nitrogens is 4. The van der Waals surface area contributed by atoms with E-state index in [1.54, 1.807) is 0 Å². The molecule has 0 aliphatic rings. The average molecular weight is 1100 g/mol. The van der Waals surface area contributed by atoms with Gasteiger partial charge in [-0.15, -0.1) is 29.7 Å². The van der Waals surface area contributed by atoms with Crippen LogP contribution in [0.1, 0.15) is 112 Å². The van der Waals surface area contributed by atoms with Gasteiger partial charge in [-0.3, -0.25) is 4.57 Å². The standard InChI is InChI=1S/C64H62N4O.Pt/c1-61(2,3)45-31-32-65-59(38-45)68-55-26-17-16-25-51(55)52-30-29-50(40-58(52)68)69-49-24-20-23-48(39-49)66-41-67(57-28-19-18-27-56(57)66)60-53(44-33-46(62(4,5)6)37-47(34-44)63(7,8)9)35-43(36-54(60)64(10,11)12)42-21-14-13-15-22-42;/h13-38H,1-12H3;/q-2;/i13D,14D,15D,21D,22D;. The molecule has 3 heterocycles.